The molecule has 26 heavy (non-hydrogen) atoms. The van der Waals surface area contributed by atoms with Crippen molar-refractivity contribution in [3.05, 3.63) is 58.6 Å². The zero-order valence-corrected chi connectivity index (χ0v) is 16.1. The summed E-state index contributed by atoms with van der Waals surface area (Å²) >= 11 is 1.71. The van der Waals surface area contributed by atoms with Crippen LogP contribution < -0.4 is 4.90 Å². The normalized spacial score (nSPS) is 11.2. The molecule has 0 N–H and O–H groups in total. The van der Waals surface area contributed by atoms with Gasteiger partial charge < -0.3 is 9.32 Å². The molecule has 0 aliphatic carbocycles. The Morgan fingerprint density at radius 3 is 2.65 bits per heavy atom. The fraction of sp³-hybridized carbons (Fsp3) is 0.250. The van der Waals surface area contributed by atoms with Crippen LogP contribution in [-0.2, 0) is 6.54 Å². The molecule has 0 unspecified atom stereocenters. The maximum Gasteiger partial charge on any atom is 0.164 e. The van der Waals surface area contributed by atoms with E-state index >= 15 is 0 Å². The molecule has 0 radical (unpaired) electrons. The van der Waals surface area contributed by atoms with Crippen molar-refractivity contribution in [2.24, 2.45) is 0 Å². The van der Waals surface area contributed by atoms with Gasteiger partial charge in [-0.15, -0.1) is 11.3 Å². The summed E-state index contributed by atoms with van der Waals surface area (Å²) < 4.78 is 5.75. The van der Waals surface area contributed by atoms with Crippen LogP contribution in [0.2, 0.25) is 0 Å². The number of thiophene rings is 1. The first kappa shape index (κ1) is 16.7. The molecule has 0 spiro atoms. The van der Waals surface area contributed by atoms with E-state index in [1.54, 1.807) is 23.7 Å². The average molecular weight is 364 g/mol. The number of aryl methyl sites for hydroxylation is 3. The summed E-state index contributed by atoms with van der Waals surface area (Å²) in [4.78, 5) is 18.3. The Morgan fingerprint density at radius 2 is 1.96 bits per heavy atom. The molecule has 6 heteroatoms. The second-order valence-corrected chi connectivity index (χ2v) is 7.65. The molecule has 0 aliphatic heterocycles. The highest BCUT2D eigenvalue weighted by atomic mass is 32.1. The number of rotatable bonds is 4. The molecular weight excluding hydrogens is 344 g/mol. The summed E-state index contributed by atoms with van der Waals surface area (Å²) in [5.74, 6) is 3.46. The third-order valence-electron chi connectivity index (χ3n) is 4.48. The predicted molar refractivity (Wildman–Crippen MR) is 106 cm³/mol. The van der Waals surface area contributed by atoms with Crippen molar-refractivity contribution in [2.45, 2.75) is 27.3 Å². The maximum atomic E-state index is 5.75. The number of pyridine rings is 1. The summed E-state index contributed by atoms with van der Waals surface area (Å²) in [5, 5.41) is 1.12. The number of furan rings is 1. The summed E-state index contributed by atoms with van der Waals surface area (Å²) in [7, 11) is 2.04. The Balaban J connectivity index is 1.85. The molecule has 4 rings (SSSR count). The fourth-order valence-electron chi connectivity index (χ4n) is 3.01. The van der Waals surface area contributed by atoms with Gasteiger partial charge in [0.05, 0.1) is 11.9 Å². The molecule has 0 aliphatic rings. The van der Waals surface area contributed by atoms with Crippen molar-refractivity contribution < 1.29 is 4.42 Å². The molecule has 5 nitrogen and oxygen atoms in total. The first-order chi connectivity index (χ1) is 12.5. The maximum absolute atomic E-state index is 5.75. The number of fused-ring (bicyclic) bond motifs is 1. The van der Waals surface area contributed by atoms with E-state index in [2.05, 4.69) is 23.7 Å². The monoisotopic (exact) mass is 364 g/mol. The topological polar surface area (TPSA) is 55.1 Å². The van der Waals surface area contributed by atoms with Gasteiger partial charge in [0.2, 0.25) is 0 Å². The van der Waals surface area contributed by atoms with Crippen LogP contribution in [0.15, 0.2) is 41.1 Å². The van der Waals surface area contributed by atoms with Gasteiger partial charge in [-0.05, 0) is 50.6 Å². The number of hydrogen-bond donors (Lipinski definition) is 0. The van der Waals surface area contributed by atoms with Gasteiger partial charge in [0.1, 0.15) is 22.2 Å². The standard InChI is InChI=1S/C20H20N4OS/c1-12-7-8-16(25-12)11-24(4)19-17-13(2)14(3)26-20(17)23-18(22-19)15-6-5-9-21-10-15/h5-10H,11H2,1-4H3. The summed E-state index contributed by atoms with van der Waals surface area (Å²) in [6.07, 6.45) is 3.56. The van der Waals surface area contributed by atoms with Crippen LogP contribution in [0, 0.1) is 20.8 Å². The lowest BCUT2D eigenvalue weighted by Crippen LogP contribution is -2.18. The van der Waals surface area contributed by atoms with Crippen molar-refractivity contribution in [1.29, 1.82) is 0 Å². The van der Waals surface area contributed by atoms with Crippen LogP contribution in [0.1, 0.15) is 22.0 Å². The third kappa shape index (κ3) is 2.97. The Kier molecular flexibility index (Phi) is 4.20. The minimum Gasteiger partial charge on any atom is -0.464 e. The summed E-state index contributed by atoms with van der Waals surface area (Å²) in [6.45, 7) is 6.88. The smallest absolute Gasteiger partial charge is 0.164 e. The quantitative estimate of drug-likeness (QED) is 0.515. The number of hydrogen-bond acceptors (Lipinski definition) is 6. The molecule has 4 aromatic heterocycles. The van der Waals surface area contributed by atoms with E-state index in [0.717, 1.165) is 33.1 Å². The van der Waals surface area contributed by atoms with E-state index in [4.69, 9.17) is 14.4 Å². The van der Waals surface area contributed by atoms with Crippen LogP contribution in [0.25, 0.3) is 21.6 Å². The van der Waals surface area contributed by atoms with E-state index in [1.807, 2.05) is 38.2 Å². The molecule has 4 aromatic rings. The molecule has 132 valence electrons. The van der Waals surface area contributed by atoms with E-state index in [0.29, 0.717) is 12.4 Å². The molecule has 0 aromatic carbocycles. The van der Waals surface area contributed by atoms with Crippen LogP contribution in [-0.4, -0.2) is 22.0 Å². The van der Waals surface area contributed by atoms with Crippen molar-refractivity contribution in [2.75, 3.05) is 11.9 Å². The first-order valence-electron chi connectivity index (χ1n) is 8.47. The lowest BCUT2D eigenvalue weighted by atomic mass is 10.2. The highest BCUT2D eigenvalue weighted by Gasteiger charge is 2.19. The number of anilines is 1. The highest BCUT2D eigenvalue weighted by molar-refractivity contribution is 7.18. The van der Waals surface area contributed by atoms with Crippen LogP contribution in [0.4, 0.5) is 5.82 Å². The van der Waals surface area contributed by atoms with Crippen molar-refractivity contribution in [3.8, 4) is 11.4 Å². The SMILES string of the molecule is Cc1ccc(CN(C)c2nc(-c3cccnc3)nc3sc(C)c(C)c23)o1. The highest BCUT2D eigenvalue weighted by Crippen LogP contribution is 2.36. The average Bonchev–Trinajstić information content (AvgIpc) is 3.18. The fourth-order valence-corrected chi connectivity index (χ4v) is 4.03. The van der Waals surface area contributed by atoms with Crippen LogP contribution >= 0.6 is 11.3 Å². The van der Waals surface area contributed by atoms with Crippen molar-refractivity contribution in [1.82, 2.24) is 15.0 Å². The third-order valence-corrected chi connectivity index (χ3v) is 5.58. The minimum atomic E-state index is 0.654. The lowest BCUT2D eigenvalue weighted by molar-refractivity contribution is 0.481. The lowest BCUT2D eigenvalue weighted by Gasteiger charge is -2.19. The Bertz CT molecular complexity index is 1070. The van der Waals surface area contributed by atoms with Gasteiger partial charge in [-0.25, -0.2) is 9.97 Å². The number of nitrogens with zero attached hydrogens (tertiary/aromatic N) is 4. The molecule has 0 saturated carbocycles. The van der Waals surface area contributed by atoms with Gasteiger partial charge in [0, 0.05) is 29.9 Å². The molecular formula is C20H20N4OS. The van der Waals surface area contributed by atoms with E-state index in [9.17, 15) is 0 Å². The second-order valence-electron chi connectivity index (χ2n) is 6.44. The minimum absolute atomic E-state index is 0.654. The first-order valence-corrected chi connectivity index (χ1v) is 9.29. The molecule has 0 amide bonds. The zero-order chi connectivity index (χ0) is 18.3. The van der Waals surface area contributed by atoms with E-state index in [-0.39, 0.29) is 0 Å². The molecule has 0 fully saturated rings. The Labute approximate surface area is 156 Å². The second kappa shape index (κ2) is 6.53. The van der Waals surface area contributed by atoms with Gasteiger partial charge in [0.25, 0.3) is 0 Å². The summed E-state index contributed by atoms with van der Waals surface area (Å²) in [6, 6.07) is 7.89. The van der Waals surface area contributed by atoms with E-state index < -0.39 is 0 Å². The van der Waals surface area contributed by atoms with Gasteiger partial charge in [-0.1, -0.05) is 0 Å². The largest absolute Gasteiger partial charge is 0.464 e. The molecule has 0 bridgehead atoms. The Hall–Kier alpha value is -2.73. The van der Waals surface area contributed by atoms with Gasteiger partial charge in [0.15, 0.2) is 5.82 Å². The van der Waals surface area contributed by atoms with Gasteiger partial charge in [-0.2, -0.15) is 0 Å². The predicted octanol–water partition coefficient (Wildman–Crippen LogP) is 4.91. The van der Waals surface area contributed by atoms with Crippen molar-refractivity contribution in [3.63, 3.8) is 0 Å². The van der Waals surface area contributed by atoms with E-state index in [1.165, 1.54) is 10.4 Å². The van der Waals surface area contributed by atoms with Gasteiger partial charge >= 0.3 is 0 Å². The Morgan fingerprint density at radius 1 is 1.12 bits per heavy atom. The molecule has 0 saturated heterocycles. The van der Waals surface area contributed by atoms with Gasteiger partial charge in [-0.3, -0.25) is 4.98 Å². The molecule has 4 heterocycles. The number of aromatic nitrogens is 3. The van der Waals surface area contributed by atoms with Crippen molar-refractivity contribution >= 4 is 27.4 Å². The zero-order valence-electron chi connectivity index (χ0n) is 15.3. The summed E-state index contributed by atoms with van der Waals surface area (Å²) in [5.41, 5.74) is 2.15. The van der Waals surface area contributed by atoms with Crippen LogP contribution in [0.5, 0.6) is 0 Å². The van der Waals surface area contributed by atoms with Crippen LogP contribution in [0.3, 0.4) is 0 Å². The molecule has 0 atom stereocenters.